The van der Waals surface area contributed by atoms with Gasteiger partial charge in [-0.2, -0.15) is 18.3 Å². The number of nitrogens with one attached hydrogen (secondary N) is 1. The summed E-state index contributed by atoms with van der Waals surface area (Å²) in [5.41, 5.74) is -0.798. The second-order valence-electron chi connectivity index (χ2n) is 6.41. The first-order chi connectivity index (χ1) is 14.5. The molecule has 162 valence electrons. The van der Waals surface area contributed by atoms with Gasteiger partial charge in [-0.3, -0.25) is 19.6 Å². The van der Waals surface area contributed by atoms with Crippen LogP contribution >= 0.6 is 11.6 Å². The third kappa shape index (κ3) is 5.72. The summed E-state index contributed by atoms with van der Waals surface area (Å²) < 4.78 is 45.3. The van der Waals surface area contributed by atoms with Gasteiger partial charge in [-0.15, -0.1) is 0 Å². The molecule has 0 radical (unpaired) electrons. The number of halogens is 4. The fourth-order valence-corrected chi connectivity index (χ4v) is 2.76. The number of amides is 1. The zero-order valence-electron chi connectivity index (χ0n) is 15.8. The van der Waals surface area contributed by atoms with Crippen molar-refractivity contribution in [3.63, 3.8) is 0 Å². The molecule has 1 heterocycles. The van der Waals surface area contributed by atoms with Gasteiger partial charge < -0.3 is 10.1 Å². The number of non-ortho nitro benzene ring substituents is 1. The first kappa shape index (κ1) is 22.1. The molecule has 8 nitrogen and oxygen atoms in total. The van der Waals surface area contributed by atoms with Crippen molar-refractivity contribution in [2.75, 3.05) is 5.32 Å². The number of ether oxygens (including phenoxy) is 1. The zero-order chi connectivity index (χ0) is 22.8. The molecule has 3 rings (SSSR count). The Morgan fingerprint density at radius 2 is 2.00 bits per heavy atom. The van der Waals surface area contributed by atoms with Crippen molar-refractivity contribution in [1.29, 1.82) is 0 Å². The Labute approximate surface area is 178 Å². The number of hydrogen-bond acceptors (Lipinski definition) is 5. The van der Waals surface area contributed by atoms with Crippen LogP contribution in [0, 0.1) is 17.0 Å². The molecule has 3 aromatic rings. The van der Waals surface area contributed by atoms with Gasteiger partial charge in [-0.05, 0) is 25.1 Å². The maximum atomic E-state index is 12.9. The normalized spacial score (nSPS) is 11.3. The summed E-state index contributed by atoms with van der Waals surface area (Å²) in [5, 5.41) is 18.1. The molecule has 12 heteroatoms. The lowest BCUT2D eigenvalue weighted by Crippen LogP contribution is -2.19. The van der Waals surface area contributed by atoms with Gasteiger partial charge in [0.05, 0.1) is 33.0 Å². The van der Waals surface area contributed by atoms with Gasteiger partial charge >= 0.3 is 6.18 Å². The highest BCUT2D eigenvalue weighted by atomic mass is 35.5. The molecule has 0 saturated carbocycles. The minimum absolute atomic E-state index is 0.0242. The lowest BCUT2D eigenvalue weighted by molar-refractivity contribution is -0.384. The van der Waals surface area contributed by atoms with E-state index in [1.165, 1.54) is 23.0 Å². The quantitative estimate of drug-likeness (QED) is 0.407. The van der Waals surface area contributed by atoms with E-state index >= 15 is 0 Å². The molecule has 0 atom stereocenters. The Hall–Kier alpha value is -3.60. The highest BCUT2D eigenvalue weighted by Crippen LogP contribution is 2.34. The number of nitrogens with zero attached hydrogens (tertiary/aromatic N) is 3. The summed E-state index contributed by atoms with van der Waals surface area (Å²) in [6.07, 6.45) is -3.12. The van der Waals surface area contributed by atoms with Crippen LogP contribution < -0.4 is 10.1 Å². The summed E-state index contributed by atoms with van der Waals surface area (Å²) in [7, 11) is 0. The van der Waals surface area contributed by atoms with Gasteiger partial charge in [0, 0.05) is 18.3 Å². The van der Waals surface area contributed by atoms with E-state index in [4.69, 9.17) is 16.3 Å². The van der Waals surface area contributed by atoms with Crippen LogP contribution in [-0.4, -0.2) is 20.6 Å². The Morgan fingerprint density at radius 3 is 2.61 bits per heavy atom. The van der Waals surface area contributed by atoms with Crippen molar-refractivity contribution < 1.29 is 27.6 Å². The largest absolute Gasteiger partial charge is 0.457 e. The Balaban J connectivity index is 1.82. The van der Waals surface area contributed by atoms with E-state index in [0.29, 0.717) is 10.7 Å². The Morgan fingerprint density at radius 1 is 1.26 bits per heavy atom. The fraction of sp³-hybridized carbons (Fsp3) is 0.158. The molecule has 0 aliphatic heterocycles. The van der Waals surface area contributed by atoms with Gasteiger partial charge in [0.1, 0.15) is 18.0 Å². The summed E-state index contributed by atoms with van der Waals surface area (Å²) in [5.74, 6) is -0.847. The van der Waals surface area contributed by atoms with E-state index in [2.05, 4.69) is 10.4 Å². The van der Waals surface area contributed by atoms with Crippen LogP contribution in [0.5, 0.6) is 11.5 Å². The smallest absolute Gasteiger partial charge is 0.416 e. The lowest BCUT2D eigenvalue weighted by atomic mass is 10.2. The highest BCUT2D eigenvalue weighted by Gasteiger charge is 2.30. The summed E-state index contributed by atoms with van der Waals surface area (Å²) in [6.45, 7) is 1.45. The third-order valence-electron chi connectivity index (χ3n) is 3.97. The number of nitro groups is 1. The first-order valence-corrected chi connectivity index (χ1v) is 9.03. The van der Waals surface area contributed by atoms with E-state index in [-0.39, 0.29) is 23.7 Å². The lowest BCUT2D eigenvalue weighted by Gasteiger charge is -2.11. The fourth-order valence-electron chi connectivity index (χ4n) is 2.61. The third-order valence-corrected chi connectivity index (χ3v) is 4.35. The number of benzene rings is 2. The van der Waals surface area contributed by atoms with Crippen molar-refractivity contribution in [3.8, 4) is 11.5 Å². The average molecular weight is 455 g/mol. The minimum Gasteiger partial charge on any atom is -0.457 e. The van der Waals surface area contributed by atoms with Crippen LogP contribution in [0.3, 0.4) is 0 Å². The second kappa shape index (κ2) is 8.64. The van der Waals surface area contributed by atoms with Gasteiger partial charge in [-0.25, -0.2) is 0 Å². The van der Waals surface area contributed by atoms with Crippen LogP contribution in [-0.2, 0) is 17.5 Å². The molecule has 0 aliphatic rings. The van der Waals surface area contributed by atoms with E-state index in [1.54, 1.807) is 6.92 Å². The molecule has 0 saturated heterocycles. The van der Waals surface area contributed by atoms with Crippen LogP contribution in [0.1, 0.15) is 11.3 Å². The van der Waals surface area contributed by atoms with E-state index in [0.717, 1.165) is 30.3 Å². The molecule has 0 aliphatic carbocycles. The predicted molar refractivity (Wildman–Crippen MR) is 105 cm³/mol. The van der Waals surface area contributed by atoms with E-state index < -0.39 is 28.3 Å². The standard InChI is InChI=1S/C19H14ClF3N4O4/c1-11-17(20)9-26(25-11)10-18(28)24-13-6-14(27(29)30)8-16(7-13)31-15-4-2-3-12(5-15)19(21,22)23/h2-9H,10H2,1H3,(H,24,28). The molecule has 0 fully saturated rings. The van der Waals surface area contributed by atoms with Crippen molar-refractivity contribution in [2.45, 2.75) is 19.6 Å². The Bertz CT molecular complexity index is 1130. The van der Waals surface area contributed by atoms with Gasteiger partial charge in [0.2, 0.25) is 5.91 Å². The molecule has 1 aromatic heterocycles. The molecule has 31 heavy (non-hydrogen) atoms. The van der Waals surface area contributed by atoms with E-state index in [9.17, 15) is 28.1 Å². The molecule has 2 aromatic carbocycles. The maximum Gasteiger partial charge on any atom is 0.416 e. The second-order valence-corrected chi connectivity index (χ2v) is 6.82. The first-order valence-electron chi connectivity index (χ1n) is 8.65. The number of aryl methyl sites for hydroxylation is 1. The SMILES string of the molecule is Cc1nn(CC(=O)Nc2cc(Oc3cccc(C(F)(F)F)c3)cc([N+](=O)[O-])c2)cc1Cl. The average Bonchev–Trinajstić information content (AvgIpc) is 2.97. The minimum atomic E-state index is -4.57. The van der Waals surface area contributed by atoms with Crippen molar-refractivity contribution >= 4 is 28.9 Å². The number of alkyl halides is 3. The van der Waals surface area contributed by atoms with E-state index in [1.807, 2.05) is 0 Å². The molecule has 0 unspecified atom stereocenters. The Kier molecular flexibility index (Phi) is 6.16. The van der Waals surface area contributed by atoms with Crippen LogP contribution in [0.4, 0.5) is 24.5 Å². The van der Waals surface area contributed by atoms with Crippen molar-refractivity contribution in [2.24, 2.45) is 0 Å². The summed E-state index contributed by atoms with van der Waals surface area (Å²) in [6, 6.07) is 7.44. The summed E-state index contributed by atoms with van der Waals surface area (Å²) >= 11 is 5.89. The van der Waals surface area contributed by atoms with Gasteiger partial charge in [0.25, 0.3) is 5.69 Å². The monoisotopic (exact) mass is 454 g/mol. The molecule has 1 N–H and O–H groups in total. The topological polar surface area (TPSA) is 99.3 Å². The molecular weight excluding hydrogens is 441 g/mol. The number of anilines is 1. The molecule has 0 spiro atoms. The van der Waals surface area contributed by atoms with Gasteiger partial charge in [0.15, 0.2) is 0 Å². The number of nitro benzene ring substituents is 1. The number of rotatable bonds is 6. The number of carbonyl (C=O) groups excluding carboxylic acids is 1. The number of aromatic nitrogens is 2. The number of carbonyl (C=O) groups is 1. The van der Waals surface area contributed by atoms with Crippen molar-refractivity contribution in [3.05, 3.63) is 75.1 Å². The predicted octanol–water partition coefficient (Wildman–Crippen LogP) is 5.20. The summed E-state index contributed by atoms with van der Waals surface area (Å²) in [4.78, 5) is 22.8. The van der Waals surface area contributed by atoms with Gasteiger partial charge in [-0.1, -0.05) is 17.7 Å². The molecule has 1 amide bonds. The van der Waals surface area contributed by atoms with Crippen molar-refractivity contribution in [1.82, 2.24) is 9.78 Å². The highest BCUT2D eigenvalue weighted by molar-refractivity contribution is 6.31. The number of hydrogen-bond donors (Lipinski definition) is 1. The van der Waals surface area contributed by atoms with Crippen LogP contribution in [0.15, 0.2) is 48.7 Å². The van der Waals surface area contributed by atoms with Crippen LogP contribution in [0.25, 0.3) is 0 Å². The maximum absolute atomic E-state index is 12.9. The van der Waals surface area contributed by atoms with Crippen LogP contribution in [0.2, 0.25) is 5.02 Å². The molecular formula is C19H14ClF3N4O4. The zero-order valence-corrected chi connectivity index (χ0v) is 16.6. The molecule has 0 bridgehead atoms.